The molecule has 0 N–H and O–H groups in total. The quantitative estimate of drug-likeness (QED) is 0.467. The Kier molecular flexibility index (Phi) is 6.99. The second kappa shape index (κ2) is 10.7. The predicted octanol–water partition coefficient (Wildman–Crippen LogP) is 3.86. The molecular formula is C27H28N2O6. The molecule has 8 nitrogen and oxygen atoms in total. The number of hydrogen-bond acceptors (Lipinski definition) is 6. The molecule has 0 radical (unpaired) electrons. The second-order valence-corrected chi connectivity index (χ2v) is 8.70. The molecule has 1 atom stereocenters. The summed E-state index contributed by atoms with van der Waals surface area (Å²) in [6.45, 7) is 1.80. The number of carbonyl (C=O) groups excluding carboxylic acids is 2. The monoisotopic (exact) mass is 476 g/mol. The molecule has 8 heteroatoms. The van der Waals surface area contributed by atoms with E-state index >= 15 is 0 Å². The van der Waals surface area contributed by atoms with Gasteiger partial charge in [-0.05, 0) is 48.7 Å². The molecule has 1 unspecified atom stereocenters. The van der Waals surface area contributed by atoms with E-state index in [1.165, 1.54) is 0 Å². The molecule has 2 amide bonds. The van der Waals surface area contributed by atoms with Gasteiger partial charge in [0.15, 0.2) is 11.5 Å². The van der Waals surface area contributed by atoms with Crippen molar-refractivity contribution in [3.63, 3.8) is 0 Å². The Hall–Kier alpha value is -3.78. The lowest BCUT2D eigenvalue weighted by Gasteiger charge is -2.29. The van der Waals surface area contributed by atoms with E-state index in [4.69, 9.17) is 18.6 Å². The van der Waals surface area contributed by atoms with Crippen molar-refractivity contribution in [1.29, 1.82) is 0 Å². The lowest BCUT2D eigenvalue weighted by molar-refractivity contribution is -0.133. The number of rotatable bonds is 9. The molecule has 1 aromatic heterocycles. The highest BCUT2D eigenvalue weighted by molar-refractivity contribution is 5.97. The van der Waals surface area contributed by atoms with Crippen molar-refractivity contribution in [2.24, 2.45) is 0 Å². The third kappa shape index (κ3) is 5.66. The highest BCUT2D eigenvalue weighted by Crippen LogP contribution is 2.33. The van der Waals surface area contributed by atoms with Crippen molar-refractivity contribution in [2.45, 2.75) is 32.0 Å². The molecule has 182 valence electrons. The zero-order valence-electron chi connectivity index (χ0n) is 19.4. The summed E-state index contributed by atoms with van der Waals surface area (Å²) in [4.78, 5) is 30.4. The van der Waals surface area contributed by atoms with E-state index in [9.17, 15) is 9.59 Å². The first-order chi connectivity index (χ1) is 17.2. The van der Waals surface area contributed by atoms with Crippen LogP contribution in [-0.4, -0.2) is 54.2 Å². The van der Waals surface area contributed by atoms with Gasteiger partial charge in [-0.25, -0.2) is 0 Å². The summed E-state index contributed by atoms with van der Waals surface area (Å²) >= 11 is 0. The van der Waals surface area contributed by atoms with E-state index in [1.807, 2.05) is 36.4 Å². The Balaban J connectivity index is 1.36. The first-order valence-electron chi connectivity index (χ1n) is 11.8. The Morgan fingerprint density at radius 3 is 2.54 bits per heavy atom. The average molecular weight is 477 g/mol. The molecule has 0 bridgehead atoms. The third-order valence-electron chi connectivity index (χ3n) is 6.18. The van der Waals surface area contributed by atoms with Crippen LogP contribution in [0.3, 0.4) is 0 Å². The van der Waals surface area contributed by atoms with Gasteiger partial charge in [0.2, 0.25) is 12.7 Å². The van der Waals surface area contributed by atoms with Crippen LogP contribution in [0.15, 0.2) is 71.3 Å². The van der Waals surface area contributed by atoms with Crippen molar-refractivity contribution in [2.75, 3.05) is 26.5 Å². The first kappa shape index (κ1) is 23.0. The van der Waals surface area contributed by atoms with Crippen molar-refractivity contribution < 1.29 is 28.2 Å². The van der Waals surface area contributed by atoms with Gasteiger partial charge in [-0.1, -0.05) is 30.3 Å². The van der Waals surface area contributed by atoms with Crippen molar-refractivity contribution in [3.8, 4) is 11.5 Å². The van der Waals surface area contributed by atoms with Crippen molar-refractivity contribution >= 4 is 11.8 Å². The van der Waals surface area contributed by atoms with Crippen LogP contribution >= 0.6 is 0 Å². The van der Waals surface area contributed by atoms with E-state index in [0.29, 0.717) is 49.1 Å². The van der Waals surface area contributed by atoms with Crippen LogP contribution in [0.1, 0.15) is 34.5 Å². The van der Waals surface area contributed by atoms with Crippen molar-refractivity contribution in [1.82, 2.24) is 9.80 Å². The van der Waals surface area contributed by atoms with E-state index in [-0.39, 0.29) is 31.3 Å². The molecule has 2 aromatic carbocycles. The van der Waals surface area contributed by atoms with Crippen LogP contribution in [0.5, 0.6) is 11.5 Å². The molecule has 1 fully saturated rings. The SMILES string of the molecule is O=C(CN(CC1CCCO1)C(=O)c1ccc2c(c1)OCO2)N(Cc1ccccc1)Cc1ccco1. The molecule has 0 aliphatic carbocycles. The maximum atomic E-state index is 13.6. The largest absolute Gasteiger partial charge is 0.467 e. The minimum atomic E-state index is -0.246. The van der Waals surface area contributed by atoms with Crippen LogP contribution in [0.25, 0.3) is 0 Å². The van der Waals surface area contributed by atoms with Crippen LogP contribution in [0.2, 0.25) is 0 Å². The summed E-state index contributed by atoms with van der Waals surface area (Å²) in [6.07, 6.45) is 3.31. The Morgan fingerprint density at radius 2 is 1.77 bits per heavy atom. The summed E-state index contributed by atoms with van der Waals surface area (Å²) in [5.74, 6) is 1.41. The standard InChI is InChI=1S/C27H28N2O6/c30-26(28(16-22-8-4-12-32-22)15-20-6-2-1-3-7-20)18-29(17-23-9-5-13-33-23)27(31)21-10-11-24-25(14-21)35-19-34-24/h1-4,6-8,10-12,14,23H,5,9,13,15-19H2. The van der Waals surface area contributed by atoms with Gasteiger partial charge in [-0.15, -0.1) is 0 Å². The summed E-state index contributed by atoms with van der Waals surface area (Å²) in [7, 11) is 0. The zero-order chi connectivity index (χ0) is 24.0. The first-order valence-corrected chi connectivity index (χ1v) is 11.8. The molecule has 2 aliphatic rings. The molecule has 1 saturated heterocycles. The lowest BCUT2D eigenvalue weighted by Crippen LogP contribution is -2.45. The molecule has 5 rings (SSSR count). The third-order valence-corrected chi connectivity index (χ3v) is 6.18. The normalized spacial score (nSPS) is 16.3. The topological polar surface area (TPSA) is 81.5 Å². The van der Waals surface area contributed by atoms with Crippen LogP contribution in [0.4, 0.5) is 0 Å². The van der Waals surface area contributed by atoms with Gasteiger partial charge in [-0.2, -0.15) is 0 Å². The zero-order valence-corrected chi connectivity index (χ0v) is 19.4. The molecule has 3 heterocycles. The molecule has 35 heavy (non-hydrogen) atoms. The fourth-order valence-corrected chi connectivity index (χ4v) is 4.36. The van der Waals surface area contributed by atoms with E-state index in [1.54, 1.807) is 40.3 Å². The highest BCUT2D eigenvalue weighted by Gasteiger charge is 2.28. The number of benzene rings is 2. The highest BCUT2D eigenvalue weighted by atomic mass is 16.7. The van der Waals surface area contributed by atoms with Gasteiger partial charge >= 0.3 is 0 Å². The number of furan rings is 1. The number of fused-ring (bicyclic) bond motifs is 1. The van der Waals surface area contributed by atoms with Gasteiger partial charge in [0.25, 0.3) is 5.91 Å². The molecule has 2 aliphatic heterocycles. The maximum absolute atomic E-state index is 13.6. The van der Waals surface area contributed by atoms with E-state index in [0.717, 1.165) is 18.4 Å². The van der Waals surface area contributed by atoms with Crippen LogP contribution < -0.4 is 9.47 Å². The van der Waals surface area contributed by atoms with Crippen molar-refractivity contribution in [3.05, 3.63) is 83.8 Å². The van der Waals surface area contributed by atoms with Crippen LogP contribution in [0, 0.1) is 0 Å². The second-order valence-electron chi connectivity index (χ2n) is 8.70. The molecule has 0 spiro atoms. The van der Waals surface area contributed by atoms with E-state index < -0.39 is 0 Å². The summed E-state index contributed by atoms with van der Waals surface area (Å²) in [5.41, 5.74) is 1.45. The Bertz CT molecular complexity index is 1140. The number of carbonyl (C=O) groups is 2. The minimum Gasteiger partial charge on any atom is -0.467 e. The summed E-state index contributed by atoms with van der Waals surface area (Å²) in [5, 5.41) is 0. The minimum absolute atomic E-state index is 0.0688. The lowest BCUT2D eigenvalue weighted by atomic mass is 10.1. The van der Waals surface area contributed by atoms with E-state index in [2.05, 4.69) is 0 Å². The van der Waals surface area contributed by atoms with Gasteiger partial charge in [0.05, 0.1) is 18.9 Å². The average Bonchev–Trinajstić information content (AvgIpc) is 3.66. The predicted molar refractivity (Wildman–Crippen MR) is 127 cm³/mol. The number of amides is 2. The Labute approximate surface area is 204 Å². The fourth-order valence-electron chi connectivity index (χ4n) is 4.36. The van der Waals surface area contributed by atoms with Gasteiger partial charge < -0.3 is 28.4 Å². The molecule has 0 saturated carbocycles. The number of hydrogen-bond donors (Lipinski definition) is 0. The van der Waals surface area contributed by atoms with Gasteiger partial charge in [-0.3, -0.25) is 9.59 Å². The van der Waals surface area contributed by atoms with Gasteiger partial charge in [0.1, 0.15) is 12.3 Å². The van der Waals surface area contributed by atoms with Crippen LogP contribution in [-0.2, 0) is 22.6 Å². The molecule has 3 aromatic rings. The Morgan fingerprint density at radius 1 is 0.914 bits per heavy atom. The van der Waals surface area contributed by atoms with Gasteiger partial charge in [0, 0.05) is 25.3 Å². The number of ether oxygens (including phenoxy) is 3. The number of nitrogens with zero attached hydrogens (tertiary/aromatic N) is 2. The smallest absolute Gasteiger partial charge is 0.254 e. The summed E-state index contributed by atoms with van der Waals surface area (Å²) < 4.78 is 22.1. The fraction of sp³-hybridized carbons (Fsp3) is 0.333. The maximum Gasteiger partial charge on any atom is 0.254 e. The summed E-state index contributed by atoms with van der Waals surface area (Å²) in [6, 6.07) is 18.5. The molecular weight excluding hydrogens is 448 g/mol.